The predicted molar refractivity (Wildman–Crippen MR) is 54.6 cm³/mol. The molecule has 1 aromatic heterocycles. The number of piperazine rings is 1. The highest BCUT2D eigenvalue weighted by atomic mass is 79.9. The summed E-state index contributed by atoms with van der Waals surface area (Å²) in [6.45, 7) is 3.11. The first kappa shape index (κ1) is 9.24. The van der Waals surface area contributed by atoms with Crippen molar-refractivity contribution in [1.29, 1.82) is 0 Å². The summed E-state index contributed by atoms with van der Waals surface area (Å²) in [5.41, 5.74) is 0. The van der Waals surface area contributed by atoms with Gasteiger partial charge in [0, 0.05) is 19.6 Å². The summed E-state index contributed by atoms with van der Waals surface area (Å²) < 4.78 is 6.46. The number of hydrogen-bond donors (Lipinski definition) is 1. The van der Waals surface area contributed by atoms with Crippen molar-refractivity contribution in [3.63, 3.8) is 0 Å². The third-order valence-corrected chi connectivity index (χ3v) is 2.84. The molecular formula is C9H13BrN2O. The van der Waals surface area contributed by atoms with E-state index in [4.69, 9.17) is 4.42 Å². The quantitative estimate of drug-likeness (QED) is 0.814. The highest BCUT2D eigenvalue weighted by Gasteiger charge is 2.22. The van der Waals surface area contributed by atoms with Crippen LogP contribution in [0.1, 0.15) is 11.8 Å². The van der Waals surface area contributed by atoms with E-state index in [0.717, 1.165) is 29.9 Å². The number of nitrogens with zero attached hydrogens (tertiary/aromatic N) is 1. The number of nitrogens with one attached hydrogen (secondary N) is 1. The van der Waals surface area contributed by atoms with Crippen molar-refractivity contribution >= 4 is 15.9 Å². The minimum Gasteiger partial charge on any atom is -0.466 e. The molecule has 0 spiro atoms. The molecule has 2 rings (SSSR count). The third kappa shape index (κ3) is 1.95. The van der Waals surface area contributed by atoms with Crippen LogP contribution in [0.15, 0.2) is 21.2 Å². The van der Waals surface area contributed by atoms with Gasteiger partial charge in [0.05, 0.1) is 10.5 Å². The largest absolute Gasteiger partial charge is 0.466 e. The Balaban J connectivity index is 2.14. The molecule has 4 heteroatoms. The number of halogens is 1. The fourth-order valence-electron chi connectivity index (χ4n) is 1.63. The smallest absolute Gasteiger partial charge is 0.123 e. The van der Waals surface area contributed by atoms with Gasteiger partial charge < -0.3 is 9.73 Å². The fourth-order valence-corrected chi connectivity index (χ4v) is 1.95. The summed E-state index contributed by atoms with van der Waals surface area (Å²) in [7, 11) is 2.13. The van der Waals surface area contributed by atoms with E-state index >= 15 is 0 Å². The highest BCUT2D eigenvalue weighted by molar-refractivity contribution is 9.10. The molecule has 72 valence electrons. The van der Waals surface area contributed by atoms with Gasteiger partial charge in [-0.15, -0.1) is 0 Å². The standard InChI is InChI=1S/C9H13BrN2O/c1-12-3-2-11-5-8(12)9-4-7(10)6-13-9/h4,6,8,11H,2-3,5H2,1H3. The van der Waals surface area contributed by atoms with E-state index in [1.807, 2.05) is 6.07 Å². The van der Waals surface area contributed by atoms with Gasteiger partial charge in [-0.05, 0) is 29.0 Å². The Kier molecular flexibility index (Phi) is 2.71. The number of hydrogen-bond acceptors (Lipinski definition) is 3. The molecule has 0 bridgehead atoms. The van der Waals surface area contributed by atoms with Crippen molar-refractivity contribution in [2.75, 3.05) is 26.7 Å². The first-order valence-electron chi connectivity index (χ1n) is 4.42. The lowest BCUT2D eigenvalue weighted by Gasteiger charge is -2.31. The third-order valence-electron chi connectivity index (χ3n) is 2.43. The second-order valence-electron chi connectivity index (χ2n) is 3.37. The van der Waals surface area contributed by atoms with Crippen LogP contribution in [-0.4, -0.2) is 31.6 Å². The van der Waals surface area contributed by atoms with Gasteiger partial charge in [-0.3, -0.25) is 4.90 Å². The summed E-state index contributed by atoms with van der Waals surface area (Å²) in [4.78, 5) is 2.31. The normalized spacial score (nSPS) is 24.9. The number of likely N-dealkylation sites (N-methyl/N-ethyl adjacent to an activating group) is 1. The second-order valence-corrected chi connectivity index (χ2v) is 4.28. The molecule has 3 nitrogen and oxygen atoms in total. The molecular weight excluding hydrogens is 232 g/mol. The average molecular weight is 245 g/mol. The Hall–Kier alpha value is -0.320. The van der Waals surface area contributed by atoms with Gasteiger partial charge in [0.25, 0.3) is 0 Å². The topological polar surface area (TPSA) is 28.4 Å². The first-order chi connectivity index (χ1) is 6.27. The van der Waals surface area contributed by atoms with E-state index in [-0.39, 0.29) is 0 Å². The van der Waals surface area contributed by atoms with Crippen molar-refractivity contribution in [2.45, 2.75) is 6.04 Å². The van der Waals surface area contributed by atoms with E-state index in [1.165, 1.54) is 0 Å². The Morgan fingerprint density at radius 2 is 2.54 bits per heavy atom. The molecule has 0 saturated carbocycles. The summed E-state index contributed by atoms with van der Waals surface area (Å²) in [5.74, 6) is 1.03. The van der Waals surface area contributed by atoms with Gasteiger partial charge in [0.15, 0.2) is 0 Å². The Labute approximate surface area is 86.2 Å². The van der Waals surface area contributed by atoms with E-state index in [1.54, 1.807) is 6.26 Å². The van der Waals surface area contributed by atoms with Gasteiger partial charge in [-0.1, -0.05) is 0 Å². The predicted octanol–water partition coefficient (Wildman–Crippen LogP) is 1.62. The van der Waals surface area contributed by atoms with Crippen molar-refractivity contribution in [2.24, 2.45) is 0 Å². The average Bonchev–Trinajstić information content (AvgIpc) is 2.53. The SMILES string of the molecule is CN1CCNCC1c1cc(Br)co1. The number of furan rings is 1. The highest BCUT2D eigenvalue weighted by Crippen LogP contribution is 2.24. The maximum absolute atomic E-state index is 5.45. The molecule has 0 aromatic carbocycles. The molecule has 1 aromatic rings. The molecule has 0 radical (unpaired) electrons. The molecule has 1 atom stereocenters. The zero-order valence-corrected chi connectivity index (χ0v) is 9.17. The van der Waals surface area contributed by atoms with Crippen LogP contribution in [0.25, 0.3) is 0 Å². The lowest BCUT2D eigenvalue weighted by atomic mass is 10.1. The fraction of sp³-hybridized carbons (Fsp3) is 0.556. The number of rotatable bonds is 1. The van der Waals surface area contributed by atoms with E-state index in [0.29, 0.717) is 6.04 Å². The Morgan fingerprint density at radius 1 is 1.69 bits per heavy atom. The Morgan fingerprint density at radius 3 is 3.15 bits per heavy atom. The van der Waals surface area contributed by atoms with Crippen molar-refractivity contribution in [3.05, 3.63) is 22.6 Å². The van der Waals surface area contributed by atoms with E-state index in [2.05, 4.69) is 33.2 Å². The van der Waals surface area contributed by atoms with Crippen molar-refractivity contribution < 1.29 is 4.42 Å². The second kappa shape index (κ2) is 3.82. The minimum atomic E-state index is 0.375. The van der Waals surface area contributed by atoms with E-state index < -0.39 is 0 Å². The molecule has 1 aliphatic heterocycles. The van der Waals surface area contributed by atoms with Gasteiger partial charge >= 0.3 is 0 Å². The van der Waals surface area contributed by atoms with Crippen LogP contribution in [-0.2, 0) is 0 Å². The Bertz CT molecular complexity index is 287. The molecule has 2 heterocycles. The summed E-state index contributed by atoms with van der Waals surface area (Å²) in [6, 6.07) is 2.41. The molecule has 1 unspecified atom stereocenters. The molecule has 1 N–H and O–H groups in total. The van der Waals surface area contributed by atoms with Crippen LogP contribution in [0, 0.1) is 0 Å². The van der Waals surface area contributed by atoms with Crippen LogP contribution in [0.2, 0.25) is 0 Å². The maximum Gasteiger partial charge on any atom is 0.123 e. The summed E-state index contributed by atoms with van der Waals surface area (Å²) >= 11 is 3.39. The lowest BCUT2D eigenvalue weighted by molar-refractivity contribution is 0.178. The molecule has 1 aliphatic rings. The van der Waals surface area contributed by atoms with Gasteiger partial charge in [0.1, 0.15) is 12.0 Å². The molecule has 0 aliphatic carbocycles. The summed E-state index contributed by atoms with van der Waals surface area (Å²) in [5, 5.41) is 3.36. The first-order valence-corrected chi connectivity index (χ1v) is 5.21. The maximum atomic E-state index is 5.45. The van der Waals surface area contributed by atoms with Gasteiger partial charge in [0.2, 0.25) is 0 Å². The van der Waals surface area contributed by atoms with Crippen LogP contribution in [0.4, 0.5) is 0 Å². The molecule has 1 fully saturated rings. The summed E-state index contributed by atoms with van der Waals surface area (Å²) in [6.07, 6.45) is 1.73. The zero-order valence-electron chi connectivity index (χ0n) is 7.59. The van der Waals surface area contributed by atoms with Crippen LogP contribution in [0.5, 0.6) is 0 Å². The van der Waals surface area contributed by atoms with Crippen molar-refractivity contribution in [3.8, 4) is 0 Å². The monoisotopic (exact) mass is 244 g/mol. The van der Waals surface area contributed by atoms with Crippen molar-refractivity contribution in [1.82, 2.24) is 10.2 Å². The lowest BCUT2D eigenvalue weighted by Crippen LogP contribution is -2.43. The molecule has 13 heavy (non-hydrogen) atoms. The zero-order chi connectivity index (χ0) is 9.26. The van der Waals surface area contributed by atoms with Crippen LogP contribution in [0.3, 0.4) is 0 Å². The molecule has 0 amide bonds. The van der Waals surface area contributed by atoms with E-state index in [9.17, 15) is 0 Å². The van der Waals surface area contributed by atoms with Gasteiger partial charge in [-0.25, -0.2) is 0 Å². The molecule has 1 saturated heterocycles. The minimum absolute atomic E-state index is 0.375. The van der Waals surface area contributed by atoms with Crippen LogP contribution >= 0.6 is 15.9 Å². The van der Waals surface area contributed by atoms with Gasteiger partial charge in [-0.2, -0.15) is 0 Å². The van der Waals surface area contributed by atoms with Crippen LogP contribution < -0.4 is 5.32 Å².